The van der Waals surface area contributed by atoms with E-state index in [1.807, 2.05) is 30.3 Å². The normalized spacial score (nSPS) is 11.7. The van der Waals surface area contributed by atoms with Gasteiger partial charge in [0.15, 0.2) is 0 Å². The van der Waals surface area contributed by atoms with Crippen molar-refractivity contribution in [2.75, 3.05) is 24.7 Å². The number of nitrogens with one attached hydrogen (secondary N) is 2. The summed E-state index contributed by atoms with van der Waals surface area (Å²) in [7, 11) is 0. The summed E-state index contributed by atoms with van der Waals surface area (Å²) in [6, 6.07) is 8.83. The van der Waals surface area contributed by atoms with E-state index in [2.05, 4.69) is 24.5 Å². The summed E-state index contributed by atoms with van der Waals surface area (Å²) in [6.07, 6.45) is 34.5. The number of alkyl carbamates (subject to hydrolysis) is 1. The van der Waals surface area contributed by atoms with Gasteiger partial charge in [-0.15, -0.1) is 0 Å². The summed E-state index contributed by atoms with van der Waals surface area (Å²) < 4.78 is 10.9. The molecule has 0 radical (unpaired) electrons. The molecule has 0 saturated carbocycles. The lowest BCUT2D eigenvalue weighted by Gasteiger charge is -2.18. The second-order valence-corrected chi connectivity index (χ2v) is 16.1. The van der Waals surface area contributed by atoms with E-state index in [0.29, 0.717) is 31.1 Å². The van der Waals surface area contributed by atoms with E-state index in [1.165, 1.54) is 153 Å². The Morgan fingerprint density at radius 2 is 1.04 bits per heavy atom. The van der Waals surface area contributed by atoms with Crippen molar-refractivity contribution in [3.8, 4) is 0 Å². The molecule has 1 aromatic carbocycles. The summed E-state index contributed by atoms with van der Waals surface area (Å²) in [6.45, 7) is 5.57. The van der Waals surface area contributed by atoms with Gasteiger partial charge in [-0.3, -0.25) is 4.79 Å². The lowest BCUT2D eigenvalue weighted by atomic mass is 10.0. The summed E-state index contributed by atoms with van der Waals surface area (Å²) in [5.41, 5.74) is 0.905. The average Bonchev–Trinajstić information content (AvgIpc) is 3.17. The zero-order valence-corrected chi connectivity index (χ0v) is 35.1. The Kier molecular flexibility index (Phi) is 35.1. The van der Waals surface area contributed by atoms with Crippen LogP contribution in [0.5, 0.6) is 0 Å². The number of amides is 2. The fourth-order valence-corrected chi connectivity index (χ4v) is 7.37. The summed E-state index contributed by atoms with van der Waals surface area (Å²) >= 11 is 1.51. The van der Waals surface area contributed by atoms with Gasteiger partial charge in [0, 0.05) is 24.5 Å². The van der Waals surface area contributed by atoms with Crippen LogP contribution < -0.4 is 10.6 Å². The van der Waals surface area contributed by atoms with Crippen molar-refractivity contribution in [2.45, 2.75) is 206 Å². The quantitative estimate of drug-likeness (QED) is 0.0515. The largest absolute Gasteiger partial charge is 0.459 e. The van der Waals surface area contributed by atoms with E-state index >= 15 is 0 Å². The molecule has 0 saturated heterocycles. The molecule has 2 N–H and O–H groups in total. The topological polar surface area (TPSA) is 93.7 Å². The summed E-state index contributed by atoms with van der Waals surface area (Å²) in [5, 5.41) is 5.73. The van der Waals surface area contributed by atoms with Gasteiger partial charge >= 0.3 is 12.1 Å². The first-order valence-electron chi connectivity index (χ1n) is 22.0. The Labute approximate surface area is 330 Å². The van der Waals surface area contributed by atoms with Gasteiger partial charge < -0.3 is 20.1 Å². The zero-order valence-electron chi connectivity index (χ0n) is 34.2. The molecule has 0 bridgehead atoms. The number of ether oxygens (including phenoxy) is 2. The van der Waals surface area contributed by atoms with E-state index in [-0.39, 0.29) is 12.5 Å². The smallest absolute Gasteiger partial charge is 0.407 e. The molecule has 8 heteroatoms. The highest BCUT2D eigenvalue weighted by Crippen LogP contribution is 2.15. The first-order valence-corrected chi connectivity index (χ1v) is 23.2. The van der Waals surface area contributed by atoms with E-state index in [9.17, 15) is 14.4 Å². The molecule has 0 aliphatic heterocycles. The number of hydrogen-bond acceptors (Lipinski definition) is 6. The van der Waals surface area contributed by atoms with E-state index < -0.39 is 18.1 Å². The van der Waals surface area contributed by atoms with Crippen molar-refractivity contribution < 1.29 is 23.9 Å². The van der Waals surface area contributed by atoms with Gasteiger partial charge in [0.2, 0.25) is 5.91 Å². The molecule has 1 atom stereocenters. The number of benzene rings is 1. The van der Waals surface area contributed by atoms with Gasteiger partial charge in [0.25, 0.3) is 0 Å². The van der Waals surface area contributed by atoms with Crippen molar-refractivity contribution in [1.29, 1.82) is 0 Å². The number of thioether (sulfide) groups is 1. The SMILES string of the molecule is CCCCCCCCCCCCCCCCOC(=O)NCCSC[C@H](NC(=O)CCCCCCCCCCCCCCC)C(=O)OCc1ccccc1. The van der Waals surface area contributed by atoms with Crippen LogP contribution >= 0.6 is 11.8 Å². The van der Waals surface area contributed by atoms with Crippen molar-refractivity contribution in [3.63, 3.8) is 0 Å². The third kappa shape index (κ3) is 32.9. The monoisotopic (exact) mass is 761 g/mol. The lowest BCUT2D eigenvalue weighted by Crippen LogP contribution is -2.43. The van der Waals surface area contributed by atoms with Crippen LogP contribution in [0.25, 0.3) is 0 Å². The molecular weight excluding hydrogens is 681 g/mol. The van der Waals surface area contributed by atoms with Crippen LogP contribution in [0.3, 0.4) is 0 Å². The Morgan fingerprint density at radius 3 is 1.53 bits per heavy atom. The van der Waals surface area contributed by atoms with Gasteiger partial charge in [-0.2, -0.15) is 11.8 Å². The molecule has 0 spiro atoms. The molecular formula is C45H80N2O5S. The number of esters is 1. The zero-order chi connectivity index (χ0) is 38.3. The molecule has 2 amide bonds. The third-order valence-corrected chi connectivity index (χ3v) is 10.9. The van der Waals surface area contributed by atoms with Crippen LogP contribution in [0.15, 0.2) is 30.3 Å². The fourth-order valence-electron chi connectivity index (χ4n) is 6.51. The minimum absolute atomic E-state index is 0.111. The van der Waals surface area contributed by atoms with Gasteiger partial charge in [0.1, 0.15) is 12.6 Å². The average molecular weight is 761 g/mol. The predicted molar refractivity (Wildman–Crippen MR) is 225 cm³/mol. The maximum absolute atomic E-state index is 13.0. The van der Waals surface area contributed by atoms with Crippen molar-refractivity contribution >= 4 is 29.7 Å². The van der Waals surface area contributed by atoms with Crippen LogP contribution in [0, 0.1) is 0 Å². The van der Waals surface area contributed by atoms with E-state index in [0.717, 1.165) is 37.7 Å². The highest BCUT2D eigenvalue weighted by atomic mass is 32.2. The second kappa shape index (κ2) is 38.1. The molecule has 0 aliphatic rings. The number of rotatable bonds is 38. The molecule has 306 valence electrons. The minimum atomic E-state index is -0.731. The predicted octanol–water partition coefficient (Wildman–Crippen LogP) is 12.6. The molecule has 0 fully saturated rings. The highest BCUT2D eigenvalue weighted by Gasteiger charge is 2.22. The number of unbranched alkanes of at least 4 members (excludes halogenated alkanes) is 25. The maximum atomic E-state index is 13.0. The first-order chi connectivity index (χ1) is 26.1. The van der Waals surface area contributed by atoms with Gasteiger partial charge in [-0.25, -0.2) is 9.59 Å². The van der Waals surface area contributed by atoms with Crippen LogP contribution in [-0.4, -0.2) is 48.7 Å². The number of hydrogen-bond donors (Lipinski definition) is 2. The maximum Gasteiger partial charge on any atom is 0.407 e. The Bertz CT molecular complexity index is 979. The molecule has 53 heavy (non-hydrogen) atoms. The van der Waals surface area contributed by atoms with E-state index in [4.69, 9.17) is 9.47 Å². The molecule has 0 aromatic heterocycles. The van der Waals surface area contributed by atoms with Crippen LogP contribution in [0.1, 0.15) is 199 Å². The summed E-state index contributed by atoms with van der Waals surface area (Å²) in [5.74, 6) is 0.444. The standard InChI is InChI=1S/C45H80N2O5S/c1-3-5-7-9-11-13-15-17-19-21-23-25-27-32-37-51-45(50)46-36-38-53-40-42(44(49)52-39-41-33-29-28-30-34-41)47-43(48)35-31-26-24-22-20-18-16-14-12-10-8-6-4-2/h28-30,33-34,42H,3-27,31-32,35-40H2,1-2H3,(H,46,50)(H,47,48)/t42-/m0/s1. The fraction of sp³-hybridized carbons (Fsp3) is 0.800. The third-order valence-electron chi connectivity index (χ3n) is 9.88. The highest BCUT2D eigenvalue weighted by molar-refractivity contribution is 7.99. The molecule has 7 nitrogen and oxygen atoms in total. The Hall–Kier alpha value is -2.22. The first kappa shape index (κ1) is 48.8. The van der Waals surface area contributed by atoms with E-state index in [1.54, 1.807) is 0 Å². The molecule has 0 aliphatic carbocycles. The number of carbonyl (C=O) groups excluding carboxylic acids is 3. The van der Waals surface area contributed by atoms with Gasteiger partial charge in [-0.05, 0) is 18.4 Å². The van der Waals surface area contributed by atoms with Crippen molar-refractivity contribution in [1.82, 2.24) is 10.6 Å². The van der Waals surface area contributed by atoms with Crippen LogP contribution in [-0.2, 0) is 25.7 Å². The number of carbonyl (C=O) groups is 3. The second-order valence-electron chi connectivity index (χ2n) is 14.9. The van der Waals surface area contributed by atoms with Gasteiger partial charge in [-0.1, -0.05) is 205 Å². The minimum Gasteiger partial charge on any atom is -0.459 e. The molecule has 1 aromatic rings. The molecule has 0 unspecified atom stereocenters. The molecule has 1 rings (SSSR count). The van der Waals surface area contributed by atoms with Crippen molar-refractivity contribution in [2.24, 2.45) is 0 Å². The molecule has 0 heterocycles. The Balaban J connectivity index is 2.16. The van der Waals surface area contributed by atoms with Crippen molar-refractivity contribution in [3.05, 3.63) is 35.9 Å². The van der Waals surface area contributed by atoms with Crippen LogP contribution in [0.2, 0.25) is 0 Å². The Morgan fingerprint density at radius 1 is 0.585 bits per heavy atom. The van der Waals surface area contributed by atoms with Gasteiger partial charge in [0.05, 0.1) is 6.61 Å². The summed E-state index contributed by atoms with van der Waals surface area (Å²) in [4.78, 5) is 37.9. The lowest BCUT2D eigenvalue weighted by molar-refractivity contribution is -0.148. The van der Waals surface area contributed by atoms with Crippen LogP contribution in [0.4, 0.5) is 4.79 Å².